The third kappa shape index (κ3) is 6.08. The van der Waals surface area contributed by atoms with Crippen LogP contribution in [0.5, 0.6) is 5.75 Å². The maximum Gasteiger partial charge on any atom is 0.234 e. The summed E-state index contributed by atoms with van der Waals surface area (Å²) in [6.45, 7) is 6.34. The number of phenolic OH excluding ortho intramolecular Hbond substituents is 1. The molecule has 2 amide bonds. The molecule has 0 unspecified atom stereocenters. The lowest BCUT2D eigenvalue weighted by Crippen LogP contribution is -2.18. The molecule has 162 valence electrons. The number of rotatable bonds is 8. The van der Waals surface area contributed by atoms with Crippen LogP contribution in [0.2, 0.25) is 0 Å². The standard InChI is InChI=1S/C22H25N5O3S/c1-4-27-19(12-20(29)23-16-7-5-6-14(2)10-16)25-26-22(27)31-13-21(30)24-17-11-15(3)8-9-18(17)28/h5-11,28H,4,12-13H2,1-3H3,(H,23,29)(H,24,30). The number of nitrogens with one attached hydrogen (secondary N) is 2. The van der Waals surface area contributed by atoms with Gasteiger partial charge in [-0.05, 0) is 56.2 Å². The van der Waals surface area contributed by atoms with Gasteiger partial charge in [-0.3, -0.25) is 9.59 Å². The summed E-state index contributed by atoms with van der Waals surface area (Å²) in [4.78, 5) is 24.7. The molecule has 3 N–H and O–H groups in total. The number of nitrogens with zero attached hydrogens (tertiary/aromatic N) is 3. The first kappa shape index (κ1) is 22.4. The van der Waals surface area contributed by atoms with Crippen molar-refractivity contribution < 1.29 is 14.7 Å². The number of anilines is 2. The Labute approximate surface area is 185 Å². The molecule has 3 aromatic rings. The number of aromatic hydroxyl groups is 1. The molecule has 0 aliphatic rings. The molecule has 8 nitrogen and oxygen atoms in total. The van der Waals surface area contributed by atoms with Crippen molar-refractivity contribution >= 4 is 35.0 Å². The largest absolute Gasteiger partial charge is 0.506 e. The number of carbonyl (C=O) groups is 2. The van der Waals surface area contributed by atoms with Crippen LogP contribution in [0.1, 0.15) is 23.9 Å². The molecule has 0 saturated carbocycles. The molecule has 0 fully saturated rings. The van der Waals surface area contributed by atoms with Crippen molar-refractivity contribution in [2.24, 2.45) is 0 Å². The Balaban J connectivity index is 1.59. The summed E-state index contributed by atoms with van der Waals surface area (Å²) in [6.07, 6.45) is 0.0820. The maximum atomic E-state index is 12.4. The van der Waals surface area contributed by atoms with Crippen LogP contribution in [0.25, 0.3) is 0 Å². The number of aryl methyl sites for hydroxylation is 2. The van der Waals surface area contributed by atoms with Crippen molar-refractivity contribution in [2.45, 2.75) is 38.9 Å². The molecule has 0 aliphatic heterocycles. The molecule has 1 heterocycles. The fraction of sp³-hybridized carbons (Fsp3) is 0.273. The van der Waals surface area contributed by atoms with E-state index < -0.39 is 0 Å². The van der Waals surface area contributed by atoms with Crippen molar-refractivity contribution in [3.05, 3.63) is 59.4 Å². The van der Waals surface area contributed by atoms with E-state index in [1.54, 1.807) is 18.2 Å². The van der Waals surface area contributed by atoms with Gasteiger partial charge in [0.1, 0.15) is 11.6 Å². The topological polar surface area (TPSA) is 109 Å². The van der Waals surface area contributed by atoms with Gasteiger partial charge in [-0.2, -0.15) is 0 Å². The average molecular weight is 440 g/mol. The second-order valence-corrected chi connectivity index (χ2v) is 8.04. The minimum atomic E-state index is -0.268. The fourth-order valence-corrected chi connectivity index (χ4v) is 3.83. The molecule has 0 aliphatic carbocycles. The number of amides is 2. The zero-order valence-corrected chi connectivity index (χ0v) is 18.5. The SMILES string of the molecule is CCn1c(CC(=O)Nc2cccc(C)c2)nnc1SCC(=O)Nc1cc(C)ccc1O. The molecule has 0 bridgehead atoms. The second-order valence-electron chi connectivity index (χ2n) is 7.09. The van der Waals surface area contributed by atoms with Crippen LogP contribution in [-0.2, 0) is 22.6 Å². The number of benzene rings is 2. The number of hydrogen-bond acceptors (Lipinski definition) is 6. The summed E-state index contributed by atoms with van der Waals surface area (Å²) in [5, 5.41) is 24.3. The van der Waals surface area contributed by atoms with Crippen LogP contribution < -0.4 is 10.6 Å². The smallest absolute Gasteiger partial charge is 0.234 e. The number of phenols is 1. The predicted molar refractivity (Wildman–Crippen MR) is 121 cm³/mol. The highest BCUT2D eigenvalue weighted by atomic mass is 32.2. The lowest BCUT2D eigenvalue weighted by molar-refractivity contribution is -0.116. The molecule has 2 aromatic carbocycles. The van der Waals surface area contributed by atoms with Gasteiger partial charge in [0.15, 0.2) is 5.16 Å². The summed E-state index contributed by atoms with van der Waals surface area (Å²) in [5.74, 6) is 0.197. The summed E-state index contributed by atoms with van der Waals surface area (Å²) in [5.41, 5.74) is 3.10. The highest BCUT2D eigenvalue weighted by Gasteiger charge is 2.16. The molecule has 0 spiro atoms. The van der Waals surface area contributed by atoms with E-state index in [1.807, 2.05) is 49.6 Å². The highest BCUT2D eigenvalue weighted by molar-refractivity contribution is 7.99. The van der Waals surface area contributed by atoms with Crippen LogP contribution in [0.3, 0.4) is 0 Å². The third-order valence-electron chi connectivity index (χ3n) is 4.49. The van der Waals surface area contributed by atoms with Crippen molar-refractivity contribution in [1.82, 2.24) is 14.8 Å². The molecular formula is C22H25N5O3S. The Morgan fingerprint density at radius 3 is 2.55 bits per heavy atom. The normalized spacial score (nSPS) is 10.7. The number of thioether (sulfide) groups is 1. The van der Waals surface area contributed by atoms with Gasteiger partial charge >= 0.3 is 0 Å². The maximum absolute atomic E-state index is 12.4. The van der Waals surface area contributed by atoms with Gasteiger partial charge in [0, 0.05) is 12.2 Å². The van der Waals surface area contributed by atoms with E-state index >= 15 is 0 Å². The Morgan fingerprint density at radius 1 is 1.03 bits per heavy atom. The van der Waals surface area contributed by atoms with E-state index in [-0.39, 0.29) is 29.7 Å². The zero-order valence-electron chi connectivity index (χ0n) is 17.7. The number of hydrogen-bond donors (Lipinski definition) is 3. The third-order valence-corrected chi connectivity index (χ3v) is 5.46. The minimum absolute atomic E-state index is 0.0163. The summed E-state index contributed by atoms with van der Waals surface area (Å²) < 4.78 is 1.82. The summed E-state index contributed by atoms with van der Waals surface area (Å²) in [6, 6.07) is 12.6. The molecule has 0 atom stereocenters. The number of carbonyl (C=O) groups excluding carboxylic acids is 2. The van der Waals surface area contributed by atoms with Gasteiger partial charge < -0.3 is 20.3 Å². The van der Waals surface area contributed by atoms with Gasteiger partial charge in [0.25, 0.3) is 0 Å². The van der Waals surface area contributed by atoms with Gasteiger partial charge in [0.05, 0.1) is 17.9 Å². The van der Waals surface area contributed by atoms with E-state index in [0.717, 1.165) is 16.8 Å². The lowest BCUT2D eigenvalue weighted by atomic mass is 10.2. The van der Waals surface area contributed by atoms with E-state index in [0.29, 0.717) is 23.2 Å². The Morgan fingerprint density at radius 2 is 1.81 bits per heavy atom. The molecule has 3 rings (SSSR count). The van der Waals surface area contributed by atoms with Gasteiger partial charge in [-0.25, -0.2) is 0 Å². The van der Waals surface area contributed by atoms with Crippen LogP contribution >= 0.6 is 11.8 Å². The first-order valence-corrected chi connectivity index (χ1v) is 10.8. The van der Waals surface area contributed by atoms with Crippen molar-refractivity contribution in [1.29, 1.82) is 0 Å². The lowest BCUT2D eigenvalue weighted by Gasteiger charge is -2.09. The Bertz CT molecular complexity index is 1100. The summed E-state index contributed by atoms with van der Waals surface area (Å²) >= 11 is 1.23. The van der Waals surface area contributed by atoms with E-state index in [2.05, 4.69) is 20.8 Å². The van der Waals surface area contributed by atoms with E-state index in [1.165, 1.54) is 11.8 Å². The van der Waals surface area contributed by atoms with Gasteiger partial charge in [0.2, 0.25) is 11.8 Å². The molecule has 31 heavy (non-hydrogen) atoms. The average Bonchev–Trinajstić information content (AvgIpc) is 3.10. The van der Waals surface area contributed by atoms with Gasteiger partial charge in [-0.1, -0.05) is 30.0 Å². The first-order valence-electron chi connectivity index (χ1n) is 9.86. The Kier molecular flexibility index (Phi) is 7.30. The molecular weight excluding hydrogens is 414 g/mol. The molecule has 0 saturated heterocycles. The molecule has 1 aromatic heterocycles. The second kappa shape index (κ2) is 10.1. The van der Waals surface area contributed by atoms with Crippen molar-refractivity contribution in [3.8, 4) is 5.75 Å². The van der Waals surface area contributed by atoms with Gasteiger partial charge in [-0.15, -0.1) is 10.2 Å². The fourth-order valence-electron chi connectivity index (χ4n) is 3.01. The monoisotopic (exact) mass is 439 g/mol. The zero-order chi connectivity index (χ0) is 22.4. The van der Waals surface area contributed by atoms with E-state index in [9.17, 15) is 14.7 Å². The predicted octanol–water partition coefficient (Wildman–Crippen LogP) is 3.53. The number of aromatic nitrogens is 3. The first-order chi connectivity index (χ1) is 14.9. The molecule has 9 heteroatoms. The summed E-state index contributed by atoms with van der Waals surface area (Å²) in [7, 11) is 0. The van der Waals surface area contributed by atoms with Crippen molar-refractivity contribution in [2.75, 3.05) is 16.4 Å². The highest BCUT2D eigenvalue weighted by Crippen LogP contribution is 2.25. The van der Waals surface area contributed by atoms with Crippen LogP contribution in [-0.4, -0.2) is 37.4 Å². The minimum Gasteiger partial charge on any atom is -0.506 e. The molecule has 0 radical (unpaired) electrons. The quantitative estimate of drug-likeness (QED) is 0.366. The Hall–Kier alpha value is -3.33. The van der Waals surface area contributed by atoms with Crippen molar-refractivity contribution in [3.63, 3.8) is 0 Å². The van der Waals surface area contributed by atoms with Crippen LogP contribution in [0.4, 0.5) is 11.4 Å². The van der Waals surface area contributed by atoms with Crippen LogP contribution in [0.15, 0.2) is 47.6 Å². The van der Waals surface area contributed by atoms with Crippen LogP contribution in [0, 0.1) is 13.8 Å². The van der Waals surface area contributed by atoms with E-state index in [4.69, 9.17) is 0 Å².